The number of nitrogens with one attached hydrogen (secondary N) is 2. The lowest BCUT2D eigenvalue weighted by atomic mass is 10.2. The van der Waals surface area contributed by atoms with Crippen LogP contribution in [0.4, 0.5) is 0 Å². The molecule has 6 heteroatoms. The number of hydrogen-bond donors (Lipinski definition) is 2. The average Bonchev–Trinajstić information content (AvgIpc) is 2.93. The van der Waals surface area contributed by atoms with Gasteiger partial charge in [-0.25, -0.2) is 0 Å². The van der Waals surface area contributed by atoms with Crippen molar-refractivity contribution in [1.82, 2.24) is 15.5 Å². The highest BCUT2D eigenvalue weighted by Crippen LogP contribution is 2.16. The van der Waals surface area contributed by atoms with E-state index in [0.717, 1.165) is 62.6 Å². The molecule has 1 aliphatic rings. The van der Waals surface area contributed by atoms with Crippen molar-refractivity contribution in [3.63, 3.8) is 0 Å². The largest absolute Gasteiger partial charge is 0.351 e. The molecule has 0 saturated carbocycles. The second-order valence-electron chi connectivity index (χ2n) is 4.83. The molecular weight excluding hydrogens is 294 g/mol. The van der Waals surface area contributed by atoms with Crippen molar-refractivity contribution >= 4 is 29.7 Å². The zero-order chi connectivity index (χ0) is 13.5. The molecule has 1 saturated heterocycles. The van der Waals surface area contributed by atoms with Crippen LogP contribution >= 0.6 is 23.7 Å². The Morgan fingerprint density at radius 3 is 2.90 bits per heavy atom. The van der Waals surface area contributed by atoms with E-state index in [-0.39, 0.29) is 18.3 Å². The topological polar surface area (TPSA) is 44.4 Å². The first-order chi connectivity index (χ1) is 9.31. The molecule has 1 amide bonds. The Hall–Kier alpha value is -0.620. The molecule has 4 nitrogen and oxygen atoms in total. The van der Waals surface area contributed by atoms with E-state index in [9.17, 15) is 4.79 Å². The SMILES string of the molecule is CCc1ccsc1C(=O)NCCCN1CCNCC1.Cl. The van der Waals surface area contributed by atoms with Gasteiger partial charge < -0.3 is 15.5 Å². The van der Waals surface area contributed by atoms with E-state index >= 15 is 0 Å². The Kier molecular flexibility index (Phi) is 8.14. The number of nitrogens with zero attached hydrogens (tertiary/aromatic N) is 1. The number of carbonyl (C=O) groups excluding carboxylic acids is 1. The minimum Gasteiger partial charge on any atom is -0.351 e. The van der Waals surface area contributed by atoms with Crippen molar-refractivity contribution in [1.29, 1.82) is 0 Å². The van der Waals surface area contributed by atoms with Crippen LogP contribution in [0, 0.1) is 0 Å². The van der Waals surface area contributed by atoms with Crippen LogP contribution in [0.25, 0.3) is 0 Å². The molecular formula is C14H24ClN3OS. The maximum atomic E-state index is 12.0. The lowest BCUT2D eigenvalue weighted by Crippen LogP contribution is -2.44. The summed E-state index contributed by atoms with van der Waals surface area (Å²) in [4.78, 5) is 15.3. The van der Waals surface area contributed by atoms with Gasteiger partial charge in [0.05, 0.1) is 4.88 Å². The molecule has 0 unspecified atom stereocenters. The Morgan fingerprint density at radius 2 is 2.20 bits per heavy atom. The molecule has 2 N–H and O–H groups in total. The van der Waals surface area contributed by atoms with Crippen molar-refractivity contribution < 1.29 is 4.79 Å². The molecule has 0 aromatic carbocycles. The molecule has 1 aromatic rings. The van der Waals surface area contributed by atoms with E-state index in [1.165, 1.54) is 11.3 Å². The highest BCUT2D eigenvalue weighted by Gasteiger charge is 2.12. The van der Waals surface area contributed by atoms with Crippen molar-refractivity contribution in [2.24, 2.45) is 0 Å². The lowest BCUT2D eigenvalue weighted by Gasteiger charge is -2.27. The number of thiophene rings is 1. The number of piperazine rings is 1. The summed E-state index contributed by atoms with van der Waals surface area (Å²) < 4.78 is 0. The first kappa shape index (κ1) is 17.4. The molecule has 114 valence electrons. The number of hydrogen-bond acceptors (Lipinski definition) is 4. The zero-order valence-electron chi connectivity index (χ0n) is 12.0. The fraction of sp³-hybridized carbons (Fsp3) is 0.643. The predicted octanol–water partition coefficient (Wildman–Crippen LogP) is 1.76. The zero-order valence-corrected chi connectivity index (χ0v) is 13.6. The van der Waals surface area contributed by atoms with Crippen LogP contribution in [0.5, 0.6) is 0 Å². The predicted molar refractivity (Wildman–Crippen MR) is 87.2 cm³/mol. The summed E-state index contributed by atoms with van der Waals surface area (Å²) in [5.41, 5.74) is 1.16. The van der Waals surface area contributed by atoms with Crippen LogP contribution in [-0.2, 0) is 6.42 Å². The Labute approximate surface area is 131 Å². The second-order valence-corrected chi connectivity index (χ2v) is 5.75. The quantitative estimate of drug-likeness (QED) is 0.786. The van der Waals surface area contributed by atoms with Crippen LogP contribution in [0.3, 0.4) is 0 Å². The van der Waals surface area contributed by atoms with E-state index in [2.05, 4.69) is 22.5 Å². The van der Waals surface area contributed by atoms with Gasteiger partial charge in [0.1, 0.15) is 0 Å². The van der Waals surface area contributed by atoms with Gasteiger partial charge in [0.2, 0.25) is 0 Å². The van der Waals surface area contributed by atoms with Crippen LogP contribution in [0.1, 0.15) is 28.6 Å². The van der Waals surface area contributed by atoms with Crippen molar-refractivity contribution in [3.8, 4) is 0 Å². The van der Waals surface area contributed by atoms with Gasteiger partial charge in [-0.2, -0.15) is 0 Å². The number of aryl methyl sites for hydroxylation is 1. The van der Waals surface area contributed by atoms with Gasteiger partial charge in [-0.3, -0.25) is 4.79 Å². The highest BCUT2D eigenvalue weighted by atomic mass is 35.5. The van der Waals surface area contributed by atoms with Gasteiger partial charge in [-0.15, -0.1) is 23.7 Å². The fourth-order valence-electron chi connectivity index (χ4n) is 2.33. The van der Waals surface area contributed by atoms with E-state index in [1.54, 1.807) is 0 Å². The Morgan fingerprint density at radius 1 is 1.45 bits per heavy atom. The van der Waals surface area contributed by atoms with Crippen molar-refractivity contribution in [2.45, 2.75) is 19.8 Å². The maximum Gasteiger partial charge on any atom is 0.261 e. The first-order valence-corrected chi connectivity index (χ1v) is 7.97. The van der Waals surface area contributed by atoms with Crippen LogP contribution in [0.15, 0.2) is 11.4 Å². The third kappa shape index (κ3) is 5.05. The van der Waals surface area contributed by atoms with E-state index in [1.807, 2.05) is 11.4 Å². The third-order valence-corrected chi connectivity index (χ3v) is 4.44. The van der Waals surface area contributed by atoms with E-state index < -0.39 is 0 Å². The monoisotopic (exact) mass is 317 g/mol. The van der Waals surface area contributed by atoms with Gasteiger partial charge >= 0.3 is 0 Å². The average molecular weight is 318 g/mol. The normalized spacial score (nSPS) is 15.7. The van der Waals surface area contributed by atoms with Gasteiger partial charge in [0.15, 0.2) is 0 Å². The summed E-state index contributed by atoms with van der Waals surface area (Å²) >= 11 is 1.54. The van der Waals surface area contributed by atoms with Crippen LogP contribution < -0.4 is 10.6 Å². The fourth-order valence-corrected chi connectivity index (χ4v) is 3.24. The van der Waals surface area contributed by atoms with Crippen LogP contribution in [-0.4, -0.2) is 50.1 Å². The molecule has 20 heavy (non-hydrogen) atoms. The second kappa shape index (κ2) is 9.34. The number of rotatable bonds is 6. The summed E-state index contributed by atoms with van der Waals surface area (Å²) in [6, 6.07) is 2.04. The summed E-state index contributed by atoms with van der Waals surface area (Å²) in [5.74, 6) is 0.0900. The Bertz CT molecular complexity index is 405. The molecule has 1 aromatic heterocycles. The third-order valence-electron chi connectivity index (χ3n) is 3.48. The summed E-state index contributed by atoms with van der Waals surface area (Å²) in [5, 5.41) is 8.37. The van der Waals surface area contributed by atoms with Crippen molar-refractivity contribution in [3.05, 3.63) is 21.9 Å². The number of halogens is 1. The minimum atomic E-state index is 0. The van der Waals surface area contributed by atoms with Gasteiger partial charge in [0, 0.05) is 32.7 Å². The molecule has 0 bridgehead atoms. The summed E-state index contributed by atoms with van der Waals surface area (Å²) in [6.07, 6.45) is 1.95. The molecule has 0 spiro atoms. The molecule has 0 aliphatic carbocycles. The molecule has 0 atom stereocenters. The standard InChI is InChI=1S/C14H23N3OS.ClH/c1-2-12-4-11-19-13(12)14(18)16-5-3-8-17-9-6-15-7-10-17;/h4,11,15H,2-3,5-10H2,1H3,(H,16,18);1H. The van der Waals surface area contributed by atoms with Crippen molar-refractivity contribution in [2.75, 3.05) is 39.3 Å². The van der Waals surface area contributed by atoms with E-state index in [4.69, 9.17) is 0 Å². The molecule has 0 radical (unpaired) electrons. The maximum absolute atomic E-state index is 12.0. The number of carbonyl (C=O) groups is 1. The first-order valence-electron chi connectivity index (χ1n) is 7.09. The van der Waals surface area contributed by atoms with Gasteiger partial charge in [-0.1, -0.05) is 6.92 Å². The summed E-state index contributed by atoms with van der Waals surface area (Å²) in [6.45, 7) is 8.35. The molecule has 2 heterocycles. The van der Waals surface area contributed by atoms with E-state index in [0.29, 0.717) is 0 Å². The lowest BCUT2D eigenvalue weighted by molar-refractivity contribution is 0.0954. The molecule has 2 rings (SSSR count). The van der Waals surface area contributed by atoms with Gasteiger partial charge in [-0.05, 0) is 36.4 Å². The highest BCUT2D eigenvalue weighted by molar-refractivity contribution is 7.12. The number of amides is 1. The molecule has 1 aliphatic heterocycles. The van der Waals surface area contributed by atoms with Crippen LogP contribution in [0.2, 0.25) is 0 Å². The Balaban J connectivity index is 0.00000200. The minimum absolute atomic E-state index is 0. The van der Waals surface area contributed by atoms with Gasteiger partial charge in [0.25, 0.3) is 5.91 Å². The molecule has 1 fully saturated rings. The summed E-state index contributed by atoms with van der Waals surface area (Å²) in [7, 11) is 0. The smallest absolute Gasteiger partial charge is 0.261 e.